The second-order valence-electron chi connectivity index (χ2n) is 6.26. The van der Waals surface area contributed by atoms with Crippen molar-refractivity contribution in [2.75, 3.05) is 6.54 Å². The Morgan fingerprint density at radius 1 is 1.24 bits per heavy atom. The molecule has 0 aromatic heterocycles. The fraction of sp³-hybridized carbons (Fsp3) is 0.667. The Labute approximate surface area is 133 Å². The monoisotopic (exact) mass is 311 g/mol. The van der Waals surface area contributed by atoms with Gasteiger partial charge in [-0.2, -0.15) is 0 Å². The van der Waals surface area contributed by atoms with Crippen LogP contribution in [-0.4, -0.2) is 12.6 Å². The summed E-state index contributed by atoms with van der Waals surface area (Å²) in [4.78, 5) is 0. The largest absolute Gasteiger partial charge is 0.314 e. The summed E-state index contributed by atoms with van der Waals surface area (Å²) in [5, 5.41) is 3.77. The molecule has 0 aliphatic heterocycles. The van der Waals surface area contributed by atoms with Gasteiger partial charge in [0.15, 0.2) is 0 Å². The average molecular weight is 312 g/mol. The van der Waals surface area contributed by atoms with E-state index >= 15 is 0 Å². The highest BCUT2D eigenvalue weighted by Crippen LogP contribution is 2.28. The minimum Gasteiger partial charge on any atom is -0.314 e. The zero-order valence-electron chi connectivity index (χ0n) is 13.0. The Kier molecular flexibility index (Phi) is 6.98. The Bertz CT molecular complexity index is 427. The van der Waals surface area contributed by atoms with Gasteiger partial charge in [-0.15, -0.1) is 0 Å². The van der Waals surface area contributed by atoms with Gasteiger partial charge in [0.2, 0.25) is 0 Å². The zero-order chi connectivity index (χ0) is 15.1. The van der Waals surface area contributed by atoms with E-state index < -0.39 is 0 Å². The van der Waals surface area contributed by atoms with E-state index in [1.165, 1.54) is 38.5 Å². The van der Waals surface area contributed by atoms with Gasteiger partial charge in [-0.05, 0) is 36.9 Å². The molecular weight excluding hydrogens is 285 g/mol. The van der Waals surface area contributed by atoms with Crippen LogP contribution in [-0.2, 0) is 6.42 Å². The number of benzene rings is 1. The van der Waals surface area contributed by atoms with Crippen LogP contribution < -0.4 is 5.32 Å². The van der Waals surface area contributed by atoms with E-state index in [2.05, 4.69) is 12.2 Å². The summed E-state index contributed by atoms with van der Waals surface area (Å²) in [7, 11) is 0. The molecule has 1 aromatic rings. The van der Waals surface area contributed by atoms with Crippen molar-refractivity contribution < 1.29 is 4.39 Å². The van der Waals surface area contributed by atoms with Crippen LogP contribution in [0.25, 0.3) is 0 Å². The van der Waals surface area contributed by atoms with Gasteiger partial charge in [-0.25, -0.2) is 4.39 Å². The highest BCUT2D eigenvalue weighted by molar-refractivity contribution is 6.30. The van der Waals surface area contributed by atoms with Gasteiger partial charge in [0.1, 0.15) is 5.82 Å². The van der Waals surface area contributed by atoms with Crippen LogP contribution in [0.2, 0.25) is 5.02 Å². The number of halogens is 2. The molecule has 1 aliphatic rings. The first-order valence-corrected chi connectivity index (χ1v) is 8.74. The third kappa shape index (κ3) is 5.27. The Hall–Kier alpha value is -0.600. The summed E-state index contributed by atoms with van der Waals surface area (Å²) in [5.74, 6) is 0.543. The molecule has 1 nitrogen and oxygen atoms in total. The van der Waals surface area contributed by atoms with Crippen molar-refractivity contribution in [1.82, 2.24) is 5.32 Å². The van der Waals surface area contributed by atoms with Crippen LogP contribution in [0.3, 0.4) is 0 Å². The fourth-order valence-corrected chi connectivity index (χ4v) is 3.70. The molecule has 21 heavy (non-hydrogen) atoms. The van der Waals surface area contributed by atoms with Crippen molar-refractivity contribution in [3.63, 3.8) is 0 Å². The maximum atomic E-state index is 14.1. The van der Waals surface area contributed by atoms with Crippen molar-refractivity contribution in [3.05, 3.63) is 34.6 Å². The van der Waals surface area contributed by atoms with Crippen molar-refractivity contribution in [1.29, 1.82) is 0 Å². The van der Waals surface area contributed by atoms with E-state index in [0.717, 1.165) is 30.9 Å². The van der Waals surface area contributed by atoms with Gasteiger partial charge >= 0.3 is 0 Å². The minimum absolute atomic E-state index is 0.234. The van der Waals surface area contributed by atoms with Crippen LogP contribution in [0.4, 0.5) is 4.39 Å². The molecule has 1 atom stereocenters. The molecule has 0 bridgehead atoms. The zero-order valence-corrected chi connectivity index (χ0v) is 13.8. The SMILES string of the molecule is CCNC(Cc1cccc(Cl)c1F)CC1CCCCCC1. The van der Waals surface area contributed by atoms with Crippen molar-refractivity contribution in [2.45, 2.75) is 64.3 Å². The lowest BCUT2D eigenvalue weighted by molar-refractivity contribution is 0.351. The van der Waals surface area contributed by atoms with Gasteiger partial charge < -0.3 is 5.32 Å². The summed E-state index contributed by atoms with van der Waals surface area (Å²) in [5.41, 5.74) is 0.738. The molecule has 0 heterocycles. The van der Waals surface area contributed by atoms with E-state index in [-0.39, 0.29) is 10.8 Å². The first-order valence-electron chi connectivity index (χ1n) is 8.37. The summed E-state index contributed by atoms with van der Waals surface area (Å²) >= 11 is 5.89. The van der Waals surface area contributed by atoms with E-state index in [0.29, 0.717) is 6.04 Å². The van der Waals surface area contributed by atoms with Crippen LogP contribution >= 0.6 is 11.6 Å². The number of likely N-dealkylation sites (N-methyl/N-ethyl adjacent to an activating group) is 1. The molecule has 0 amide bonds. The van der Waals surface area contributed by atoms with Gasteiger partial charge in [0.25, 0.3) is 0 Å². The molecule has 0 spiro atoms. The lowest BCUT2D eigenvalue weighted by Crippen LogP contribution is -2.33. The molecule has 0 radical (unpaired) electrons. The van der Waals surface area contributed by atoms with E-state index in [1.54, 1.807) is 6.07 Å². The fourth-order valence-electron chi connectivity index (χ4n) is 3.50. The molecule has 2 rings (SSSR count). The first-order chi connectivity index (χ1) is 10.2. The third-order valence-corrected chi connectivity index (χ3v) is 4.88. The van der Waals surface area contributed by atoms with Gasteiger partial charge in [-0.3, -0.25) is 0 Å². The van der Waals surface area contributed by atoms with Gasteiger partial charge in [0, 0.05) is 6.04 Å². The summed E-state index contributed by atoms with van der Waals surface area (Å²) in [6, 6.07) is 5.67. The lowest BCUT2D eigenvalue weighted by Gasteiger charge is -2.24. The molecule has 3 heteroatoms. The number of hydrogen-bond acceptors (Lipinski definition) is 1. The smallest absolute Gasteiger partial charge is 0.145 e. The van der Waals surface area contributed by atoms with E-state index in [1.807, 2.05) is 12.1 Å². The topological polar surface area (TPSA) is 12.0 Å². The molecule has 1 N–H and O–H groups in total. The van der Waals surface area contributed by atoms with Crippen LogP contribution in [0.5, 0.6) is 0 Å². The minimum atomic E-state index is -0.247. The second kappa shape index (κ2) is 8.75. The van der Waals surface area contributed by atoms with Crippen LogP contribution in [0.15, 0.2) is 18.2 Å². The maximum Gasteiger partial charge on any atom is 0.145 e. The molecule has 1 fully saturated rings. The molecule has 1 aliphatic carbocycles. The van der Waals surface area contributed by atoms with Crippen molar-refractivity contribution >= 4 is 11.6 Å². The first kappa shape index (κ1) is 16.8. The Balaban J connectivity index is 1.99. The normalized spacial score (nSPS) is 18.4. The number of hydrogen-bond donors (Lipinski definition) is 1. The number of rotatable bonds is 6. The molecule has 1 aromatic carbocycles. The summed E-state index contributed by atoms with van der Waals surface area (Å²) in [6.45, 7) is 3.05. The average Bonchev–Trinajstić information content (AvgIpc) is 2.73. The highest BCUT2D eigenvalue weighted by Gasteiger charge is 2.19. The van der Waals surface area contributed by atoms with Gasteiger partial charge in [0.05, 0.1) is 5.02 Å². The molecule has 1 saturated carbocycles. The third-order valence-electron chi connectivity index (χ3n) is 4.58. The lowest BCUT2D eigenvalue weighted by atomic mass is 9.89. The Morgan fingerprint density at radius 3 is 2.62 bits per heavy atom. The molecule has 0 saturated heterocycles. The highest BCUT2D eigenvalue weighted by atomic mass is 35.5. The Morgan fingerprint density at radius 2 is 1.95 bits per heavy atom. The quantitative estimate of drug-likeness (QED) is 0.697. The number of nitrogens with one attached hydrogen (secondary N) is 1. The standard InChI is InChI=1S/C18H27ClFN/c1-2-21-16(12-14-8-5-3-4-6-9-14)13-15-10-7-11-17(19)18(15)20/h7,10-11,14,16,21H,2-6,8-9,12-13H2,1H3. The van der Waals surface area contributed by atoms with Crippen molar-refractivity contribution in [3.8, 4) is 0 Å². The van der Waals surface area contributed by atoms with Crippen molar-refractivity contribution in [2.24, 2.45) is 5.92 Å². The summed E-state index contributed by atoms with van der Waals surface area (Å²) < 4.78 is 14.1. The molecular formula is C18H27ClFN. The summed E-state index contributed by atoms with van der Waals surface area (Å²) in [6.07, 6.45) is 10.0. The molecule has 118 valence electrons. The second-order valence-corrected chi connectivity index (χ2v) is 6.67. The van der Waals surface area contributed by atoms with E-state index in [4.69, 9.17) is 11.6 Å². The molecule has 1 unspecified atom stereocenters. The van der Waals surface area contributed by atoms with Gasteiger partial charge in [-0.1, -0.05) is 69.2 Å². The van der Waals surface area contributed by atoms with E-state index in [9.17, 15) is 4.39 Å². The predicted octanol–water partition coefficient (Wildman–Crippen LogP) is 5.36. The van der Waals surface area contributed by atoms with Crippen LogP contribution in [0.1, 0.15) is 57.4 Å². The van der Waals surface area contributed by atoms with Crippen LogP contribution in [0, 0.1) is 11.7 Å². The maximum absolute atomic E-state index is 14.1. The predicted molar refractivity (Wildman–Crippen MR) is 88.4 cm³/mol.